The van der Waals surface area contributed by atoms with Crippen molar-refractivity contribution < 1.29 is 4.79 Å². The smallest absolute Gasteiger partial charge is 0.263 e. The van der Waals surface area contributed by atoms with Crippen molar-refractivity contribution in [1.82, 2.24) is 14.3 Å². The van der Waals surface area contributed by atoms with E-state index in [-0.39, 0.29) is 18.0 Å². The highest BCUT2D eigenvalue weighted by atomic mass is 79.9. The first kappa shape index (κ1) is 17.9. The van der Waals surface area contributed by atoms with E-state index in [1.165, 1.54) is 10.5 Å². The van der Waals surface area contributed by atoms with E-state index < -0.39 is 0 Å². The second-order valence-corrected chi connectivity index (χ2v) is 7.66. The summed E-state index contributed by atoms with van der Waals surface area (Å²) in [5, 5.41) is 0.465. The molecule has 0 saturated carbocycles. The Morgan fingerprint density at radius 3 is 2.74 bits per heavy atom. The Labute approximate surface area is 169 Å². The lowest BCUT2D eigenvalue weighted by Crippen LogP contribution is -2.39. The fourth-order valence-electron chi connectivity index (χ4n) is 3.11. The second kappa shape index (κ2) is 7.29. The van der Waals surface area contributed by atoms with Crippen molar-refractivity contribution in [2.45, 2.75) is 13.0 Å². The number of pyridine rings is 1. The van der Waals surface area contributed by atoms with Gasteiger partial charge in [0.25, 0.3) is 5.56 Å². The summed E-state index contributed by atoms with van der Waals surface area (Å²) >= 11 is 9.38. The number of fused-ring (bicyclic) bond motifs is 2. The molecule has 2 aromatic heterocycles. The third-order valence-electron chi connectivity index (χ3n) is 4.53. The van der Waals surface area contributed by atoms with Crippen molar-refractivity contribution >= 4 is 45.2 Å². The number of hydrogen-bond donors (Lipinski definition) is 0. The number of carbonyl (C=O) groups excluding carboxylic acids is 1. The summed E-state index contributed by atoms with van der Waals surface area (Å²) in [5.74, 6) is -0.126. The maximum absolute atomic E-state index is 12.8. The maximum Gasteiger partial charge on any atom is 0.263 e. The van der Waals surface area contributed by atoms with E-state index >= 15 is 0 Å². The van der Waals surface area contributed by atoms with Crippen LogP contribution in [-0.2, 0) is 17.8 Å². The molecule has 0 unspecified atom stereocenters. The SMILES string of the molecule is O=C(/C=C/c1ccc(Br)cc1)N1CCc2nc3ccc(Cl)cn3c(=O)c2C1. The van der Waals surface area contributed by atoms with E-state index in [0.717, 1.165) is 15.7 Å². The third-order valence-corrected chi connectivity index (χ3v) is 5.29. The minimum Gasteiger partial charge on any atom is -0.334 e. The zero-order valence-corrected chi connectivity index (χ0v) is 16.6. The molecule has 7 heteroatoms. The number of nitrogens with zero attached hydrogens (tertiary/aromatic N) is 3. The Morgan fingerprint density at radius 2 is 1.96 bits per heavy atom. The van der Waals surface area contributed by atoms with Crippen LogP contribution in [-0.4, -0.2) is 26.7 Å². The van der Waals surface area contributed by atoms with E-state index in [9.17, 15) is 9.59 Å². The van der Waals surface area contributed by atoms with Crippen LogP contribution in [0.2, 0.25) is 5.02 Å². The number of benzene rings is 1. The molecular weight excluding hydrogens is 430 g/mol. The van der Waals surface area contributed by atoms with Gasteiger partial charge in [0.05, 0.1) is 22.8 Å². The highest BCUT2D eigenvalue weighted by molar-refractivity contribution is 9.10. The van der Waals surface area contributed by atoms with Crippen LogP contribution in [0.5, 0.6) is 0 Å². The number of carbonyl (C=O) groups is 1. The molecular formula is C20H15BrClN3O2. The summed E-state index contributed by atoms with van der Waals surface area (Å²) in [5.41, 5.74) is 2.63. The Morgan fingerprint density at radius 1 is 1.19 bits per heavy atom. The molecule has 0 saturated heterocycles. The van der Waals surface area contributed by atoms with Crippen LogP contribution in [0.4, 0.5) is 0 Å². The van der Waals surface area contributed by atoms with Gasteiger partial charge in [-0.3, -0.25) is 14.0 Å². The first-order chi connectivity index (χ1) is 13.0. The van der Waals surface area contributed by atoms with Gasteiger partial charge in [-0.2, -0.15) is 0 Å². The predicted octanol–water partition coefficient (Wildman–Crippen LogP) is 3.71. The van der Waals surface area contributed by atoms with Crippen LogP contribution >= 0.6 is 27.5 Å². The van der Waals surface area contributed by atoms with Crippen molar-refractivity contribution in [3.8, 4) is 0 Å². The number of amides is 1. The van der Waals surface area contributed by atoms with Crippen LogP contribution in [0.1, 0.15) is 16.8 Å². The number of hydrogen-bond acceptors (Lipinski definition) is 3. The molecule has 136 valence electrons. The largest absolute Gasteiger partial charge is 0.334 e. The summed E-state index contributed by atoms with van der Waals surface area (Å²) < 4.78 is 2.42. The van der Waals surface area contributed by atoms with Crippen LogP contribution < -0.4 is 5.56 Å². The molecule has 3 aromatic rings. The van der Waals surface area contributed by atoms with Crippen molar-refractivity contribution in [2.75, 3.05) is 6.54 Å². The lowest BCUT2D eigenvalue weighted by atomic mass is 10.1. The highest BCUT2D eigenvalue weighted by Gasteiger charge is 2.23. The summed E-state index contributed by atoms with van der Waals surface area (Å²) in [4.78, 5) is 31.6. The summed E-state index contributed by atoms with van der Waals surface area (Å²) in [6, 6.07) is 11.1. The highest BCUT2D eigenvalue weighted by Crippen LogP contribution is 2.17. The summed E-state index contributed by atoms with van der Waals surface area (Å²) in [7, 11) is 0. The zero-order chi connectivity index (χ0) is 19.0. The average molecular weight is 445 g/mol. The fraction of sp³-hybridized carbons (Fsp3) is 0.150. The van der Waals surface area contributed by atoms with E-state index in [0.29, 0.717) is 29.2 Å². The molecule has 3 heterocycles. The van der Waals surface area contributed by atoms with Gasteiger partial charge in [-0.15, -0.1) is 0 Å². The Bertz CT molecular complexity index is 1120. The van der Waals surface area contributed by atoms with E-state index in [2.05, 4.69) is 20.9 Å². The zero-order valence-electron chi connectivity index (χ0n) is 14.2. The topological polar surface area (TPSA) is 54.7 Å². The summed E-state index contributed by atoms with van der Waals surface area (Å²) in [6.45, 7) is 0.785. The normalized spacial score (nSPS) is 13.9. The molecule has 0 fully saturated rings. The van der Waals surface area contributed by atoms with Crippen molar-refractivity contribution in [1.29, 1.82) is 0 Å². The first-order valence-electron chi connectivity index (χ1n) is 8.43. The molecule has 1 aliphatic rings. The van der Waals surface area contributed by atoms with Gasteiger partial charge in [-0.05, 0) is 35.9 Å². The molecule has 0 bridgehead atoms. The lowest BCUT2D eigenvalue weighted by molar-refractivity contribution is -0.126. The van der Waals surface area contributed by atoms with Crippen LogP contribution in [0.25, 0.3) is 11.7 Å². The van der Waals surface area contributed by atoms with Crippen LogP contribution in [0, 0.1) is 0 Å². The molecule has 27 heavy (non-hydrogen) atoms. The molecule has 1 aromatic carbocycles. The maximum atomic E-state index is 12.8. The van der Waals surface area contributed by atoms with Gasteiger partial charge in [0, 0.05) is 29.7 Å². The number of aromatic nitrogens is 2. The molecule has 0 aliphatic carbocycles. The van der Waals surface area contributed by atoms with Crippen LogP contribution in [0.15, 0.2) is 57.9 Å². The van der Waals surface area contributed by atoms with Gasteiger partial charge in [-0.1, -0.05) is 39.7 Å². The molecule has 5 nitrogen and oxygen atoms in total. The van der Waals surface area contributed by atoms with E-state index in [1.54, 1.807) is 29.3 Å². The first-order valence-corrected chi connectivity index (χ1v) is 9.60. The summed E-state index contributed by atoms with van der Waals surface area (Å²) in [6.07, 6.45) is 5.43. The predicted molar refractivity (Wildman–Crippen MR) is 109 cm³/mol. The lowest BCUT2D eigenvalue weighted by Gasteiger charge is -2.27. The number of halogens is 2. The monoisotopic (exact) mass is 443 g/mol. The third kappa shape index (κ3) is 3.68. The van der Waals surface area contributed by atoms with Gasteiger partial charge >= 0.3 is 0 Å². The minimum atomic E-state index is -0.174. The Kier molecular flexibility index (Phi) is 4.85. The van der Waals surface area contributed by atoms with Gasteiger partial charge in [0.15, 0.2) is 0 Å². The van der Waals surface area contributed by atoms with Crippen molar-refractivity contribution in [3.63, 3.8) is 0 Å². The van der Waals surface area contributed by atoms with Gasteiger partial charge in [-0.25, -0.2) is 4.98 Å². The second-order valence-electron chi connectivity index (χ2n) is 6.31. The Hall–Kier alpha value is -2.44. The fourth-order valence-corrected chi connectivity index (χ4v) is 3.53. The van der Waals surface area contributed by atoms with Crippen LogP contribution in [0.3, 0.4) is 0 Å². The number of rotatable bonds is 2. The molecule has 0 radical (unpaired) electrons. The molecule has 1 amide bonds. The minimum absolute atomic E-state index is 0.126. The van der Waals surface area contributed by atoms with E-state index in [1.807, 2.05) is 24.3 Å². The van der Waals surface area contributed by atoms with Crippen molar-refractivity contribution in [2.24, 2.45) is 0 Å². The standard InChI is InChI=1S/C20H15BrClN3O2/c21-14-4-1-13(2-5-14)3-8-19(26)24-10-9-17-16(12-24)20(27)25-11-15(22)6-7-18(25)23-17/h1-8,11H,9-10,12H2/b8-3+. The molecule has 4 rings (SSSR count). The Balaban J connectivity index is 1.59. The average Bonchev–Trinajstić information content (AvgIpc) is 2.68. The molecule has 0 spiro atoms. The van der Waals surface area contributed by atoms with Gasteiger partial charge in [0.2, 0.25) is 5.91 Å². The van der Waals surface area contributed by atoms with Crippen molar-refractivity contribution in [3.05, 3.63) is 85.3 Å². The molecule has 1 aliphatic heterocycles. The van der Waals surface area contributed by atoms with Gasteiger partial charge in [0.1, 0.15) is 5.65 Å². The molecule has 0 atom stereocenters. The van der Waals surface area contributed by atoms with Gasteiger partial charge < -0.3 is 4.90 Å². The molecule has 0 N–H and O–H groups in total. The van der Waals surface area contributed by atoms with E-state index in [4.69, 9.17) is 11.6 Å². The quantitative estimate of drug-likeness (QED) is 0.566.